The van der Waals surface area contributed by atoms with Crippen molar-refractivity contribution in [3.8, 4) is 0 Å². The number of nitrogens with one attached hydrogen (secondary N) is 2. The summed E-state index contributed by atoms with van der Waals surface area (Å²) >= 11 is 0. The van der Waals surface area contributed by atoms with E-state index < -0.39 is 5.69 Å². The fourth-order valence-electron chi connectivity index (χ4n) is 4.16. The highest BCUT2D eigenvalue weighted by atomic mass is 16.2. The largest absolute Gasteiger partial charge is 0.348 e. The Morgan fingerprint density at radius 3 is 2.63 bits per heavy atom. The van der Waals surface area contributed by atoms with Gasteiger partial charge in [0.05, 0.1) is 10.9 Å². The predicted molar refractivity (Wildman–Crippen MR) is 117 cm³/mol. The van der Waals surface area contributed by atoms with Crippen molar-refractivity contribution in [1.82, 2.24) is 19.8 Å². The predicted octanol–water partition coefficient (Wildman–Crippen LogP) is 1.96. The van der Waals surface area contributed by atoms with Crippen LogP contribution in [0.5, 0.6) is 0 Å². The summed E-state index contributed by atoms with van der Waals surface area (Å²) in [5.74, 6) is 0.130. The van der Waals surface area contributed by atoms with Crippen molar-refractivity contribution in [2.75, 3.05) is 13.1 Å². The van der Waals surface area contributed by atoms with Gasteiger partial charge in [0.1, 0.15) is 0 Å². The van der Waals surface area contributed by atoms with Crippen LogP contribution in [0.4, 0.5) is 0 Å². The van der Waals surface area contributed by atoms with Crippen LogP contribution >= 0.6 is 0 Å². The van der Waals surface area contributed by atoms with Crippen molar-refractivity contribution in [3.63, 3.8) is 0 Å². The van der Waals surface area contributed by atoms with Crippen molar-refractivity contribution in [2.24, 2.45) is 5.92 Å². The fourth-order valence-corrected chi connectivity index (χ4v) is 4.16. The van der Waals surface area contributed by atoms with E-state index in [9.17, 15) is 14.4 Å². The first kappa shape index (κ1) is 20.1. The van der Waals surface area contributed by atoms with E-state index in [4.69, 9.17) is 0 Å². The molecule has 0 bridgehead atoms. The first-order chi connectivity index (χ1) is 14.5. The smallest absolute Gasteiger partial charge is 0.328 e. The van der Waals surface area contributed by atoms with E-state index in [-0.39, 0.29) is 17.5 Å². The maximum Gasteiger partial charge on any atom is 0.328 e. The van der Waals surface area contributed by atoms with Crippen molar-refractivity contribution >= 4 is 16.8 Å². The average molecular weight is 406 g/mol. The van der Waals surface area contributed by atoms with Gasteiger partial charge in [0.2, 0.25) is 0 Å². The zero-order valence-electron chi connectivity index (χ0n) is 17.2. The van der Waals surface area contributed by atoms with Crippen molar-refractivity contribution in [3.05, 3.63) is 80.5 Å². The lowest BCUT2D eigenvalue weighted by Gasteiger charge is -2.17. The monoisotopic (exact) mass is 406 g/mol. The molecular formula is C23H26N4O3. The van der Waals surface area contributed by atoms with E-state index in [1.54, 1.807) is 25.1 Å². The van der Waals surface area contributed by atoms with E-state index in [1.165, 1.54) is 5.56 Å². The van der Waals surface area contributed by atoms with Gasteiger partial charge < -0.3 is 10.3 Å². The number of H-pyrrole nitrogens is 1. The minimum Gasteiger partial charge on any atom is -0.348 e. The number of hydrogen-bond acceptors (Lipinski definition) is 4. The Morgan fingerprint density at radius 2 is 1.90 bits per heavy atom. The maximum absolute atomic E-state index is 12.8. The maximum atomic E-state index is 12.8. The van der Waals surface area contributed by atoms with Crippen LogP contribution in [0.15, 0.2) is 58.1 Å². The van der Waals surface area contributed by atoms with E-state index in [0.29, 0.717) is 28.9 Å². The topological polar surface area (TPSA) is 87.2 Å². The van der Waals surface area contributed by atoms with Crippen molar-refractivity contribution < 1.29 is 4.79 Å². The van der Waals surface area contributed by atoms with Gasteiger partial charge in [-0.05, 0) is 36.6 Å². The molecule has 0 aliphatic carbocycles. The van der Waals surface area contributed by atoms with Crippen LogP contribution in [0.1, 0.15) is 29.8 Å². The number of carbonyl (C=O) groups excluding carboxylic acids is 1. The van der Waals surface area contributed by atoms with Crippen molar-refractivity contribution in [1.29, 1.82) is 0 Å². The summed E-state index contributed by atoms with van der Waals surface area (Å²) in [7, 11) is 0. The summed E-state index contributed by atoms with van der Waals surface area (Å²) in [5, 5.41) is 3.52. The van der Waals surface area contributed by atoms with Gasteiger partial charge in [-0.15, -0.1) is 0 Å². The number of nitrogens with zero attached hydrogens (tertiary/aromatic N) is 2. The lowest BCUT2D eigenvalue weighted by molar-refractivity contribution is 0.0931. The molecule has 3 aromatic rings. The van der Waals surface area contributed by atoms with Gasteiger partial charge in [0.25, 0.3) is 11.5 Å². The molecule has 30 heavy (non-hydrogen) atoms. The molecule has 0 saturated carbocycles. The van der Waals surface area contributed by atoms with E-state index in [2.05, 4.69) is 34.3 Å². The Balaban J connectivity index is 1.49. The van der Waals surface area contributed by atoms with Crippen LogP contribution in [0.25, 0.3) is 10.9 Å². The molecule has 2 unspecified atom stereocenters. The first-order valence-corrected chi connectivity index (χ1v) is 10.3. The van der Waals surface area contributed by atoms with Gasteiger partial charge in [-0.2, -0.15) is 0 Å². The Hall–Kier alpha value is -3.19. The lowest BCUT2D eigenvalue weighted by atomic mass is 10.1. The Bertz CT molecular complexity index is 1180. The van der Waals surface area contributed by atoms with Gasteiger partial charge in [0, 0.05) is 37.8 Å². The molecule has 2 N–H and O–H groups in total. The fraction of sp³-hybridized carbons (Fsp3) is 0.348. The molecule has 0 radical (unpaired) electrons. The SMILES string of the molecule is CCn1c(=O)[nH]c2cc(C(=O)NC3CN(Cc4ccccc4)CC3C)ccc2c1=O. The van der Waals surface area contributed by atoms with Gasteiger partial charge in [-0.1, -0.05) is 37.3 Å². The van der Waals surface area contributed by atoms with Crippen LogP contribution < -0.4 is 16.6 Å². The summed E-state index contributed by atoms with van der Waals surface area (Å²) in [6.07, 6.45) is 0. The van der Waals surface area contributed by atoms with E-state index in [1.807, 2.05) is 18.2 Å². The Morgan fingerprint density at radius 1 is 1.13 bits per heavy atom. The highest BCUT2D eigenvalue weighted by Gasteiger charge is 2.30. The van der Waals surface area contributed by atoms with Crippen LogP contribution in [0.2, 0.25) is 0 Å². The number of aromatic nitrogens is 2. The minimum atomic E-state index is -0.464. The summed E-state index contributed by atoms with van der Waals surface area (Å²) in [6.45, 7) is 6.74. The summed E-state index contributed by atoms with van der Waals surface area (Å²) in [5.41, 5.74) is 1.26. The molecule has 1 aliphatic heterocycles. The summed E-state index contributed by atoms with van der Waals surface area (Å²) < 4.78 is 1.14. The molecule has 156 valence electrons. The number of benzene rings is 2. The molecule has 2 atom stereocenters. The molecule has 1 saturated heterocycles. The highest BCUT2D eigenvalue weighted by Crippen LogP contribution is 2.20. The minimum absolute atomic E-state index is 0.0454. The second-order valence-corrected chi connectivity index (χ2v) is 7.98. The third-order valence-corrected chi connectivity index (χ3v) is 5.81. The quantitative estimate of drug-likeness (QED) is 0.678. The normalized spacial score (nSPS) is 19.3. The molecule has 1 aliphatic rings. The van der Waals surface area contributed by atoms with E-state index >= 15 is 0 Å². The number of aromatic amines is 1. The standard InChI is InChI=1S/C23H26N4O3/c1-3-27-22(29)18-10-9-17(11-19(18)25-23(27)30)21(28)24-20-14-26(12-15(20)2)13-16-7-5-4-6-8-16/h4-11,15,20H,3,12-14H2,1-2H3,(H,24,28)(H,25,30). The molecule has 0 spiro atoms. The van der Waals surface area contributed by atoms with Crippen LogP contribution in [-0.2, 0) is 13.1 Å². The summed E-state index contributed by atoms with van der Waals surface area (Å²) in [4.78, 5) is 42.4. The number of carbonyl (C=O) groups is 1. The summed E-state index contributed by atoms with van der Waals surface area (Å²) in [6, 6.07) is 15.2. The van der Waals surface area contributed by atoms with Crippen LogP contribution in [-0.4, -0.2) is 39.5 Å². The molecular weight excluding hydrogens is 380 g/mol. The first-order valence-electron chi connectivity index (χ1n) is 10.3. The van der Waals surface area contributed by atoms with Gasteiger partial charge in [-0.3, -0.25) is 19.1 Å². The van der Waals surface area contributed by atoms with Crippen LogP contribution in [0.3, 0.4) is 0 Å². The molecule has 7 nitrogen and oxygen atoms in total. The second-order valence-electron chi connectivity index (χ2n) is 7.98. The Kier molecular flexibility index (Phi) is 5.55. The second kappa shape index (κ2) is 8.28. The molecule has 1 aromatic heterocycles. The van der Waals surface area contributed by atoms with Crippen molar-refractivity contribution in [2.45, 2.75) is 33.0 Å². The number of hydrogen-bond donors (Lipinski definition) is 2. The molecule has 1 amide bonds. The van der Waals surface area contributed by atoms with Gasteiger partial charge in [-0.25, -0.2) is 4.79 Å². The van der Waals surface area contributed by atoms with Gasteiger partial charge >= 0.3 is 5.69 Å². The molecule has 4 rings (SSSR count). The van der Waals surface area contributed by atoms with Gasteiger partial charge in [0.15, 0.2) is 0 Å². The molecule has 2 aromatic carbocycles. The molecule has 1 fully saturated rings. The number of amides is 1. The average Bonchev–Trinajstić information content (AvgIpc) is 3.07. The molecule has 2 heterocycles. The zero-order chi connectivity index (χ0) is 21.3. The van der Waals surface area contributed by atoms with E-state index in [0.717, 1.165) is 24.2 Å². The lowest BCUT2D eigenvalue weighted by Crippen LogP contribution is -2.40. The number of rotatable bonds is 5. The highest BCUT2D eigenvalue weighted by molar-refractivity contribution is 5.97. The Labute approximate surface area is 174 Å². The number of fused-ring (bicyclic) bond motifs is 1. The number of likely N-dealkylation sites (tertiary alicyclic amines) is 1. The third kappa shape index (κ3) is 3.93. The third-order valence-electron chi connectivity index (χ3n) is 5.81. The zero-order valence-corrected chi connectivity index (χ0v) is 17.2. The van der Waals surface area contributed by atoms with Crippen LogP contribution in [0, 0.1) is 5.92 Å². The molecule has 7 heteroatoms.